The van der Waals surface area contributed by atoms with Gasteiger partial charge in [0.05, 0.1) is 23.5 Å². The smallest absolute Gasteiger partial charge is 0.102 e. The van der Waals surface area contributed by atoms with E-state index >= 15 is 0 Å². The number of nitriles is 1. The number of anilines is 1. The van der Waals surface area contributed by atoms with Crippen LogP contribution in [0.3, 0.4) is 0 Å². The number of benzene rings is 1. The van der Waals surface area contributed by atoms with E-state index in [0.717, 1.165) is 22.0 Å². The second kappa shape index (κ2) is 6.81. The van der Waals surface area contributed by atoms with E-state index in [-0.39, 0.29) is 0 Å². The van der Waals surface area contributed by atoms with Crippen molar-refractivity contribution in [1.29, 1.82) is 5.26 Å². The van der Waals surface area contributed by atoms with E-state index in [9.17, 15) is 5.26 Å². The summed E-state index contributed by atoms with van der Waals surface area (Å²) in [5, 5.41) is 12.6. The third-order valence-corrected chi connectivity index (χ3v) is 3.56. The summed E-state index contributed by atoms with van der Waals surface area (Å²) in [5.74, 6) is 0.957. The van der Waals surface area contributed by atoms with Crippen LogP contribution in [0.2, 0.25) is 0 Å². The van der Waals surface area contributed by atoms with Gasteiger partial charge in [0.25, 0.3) is 0 Å². The van der Waals surface area contributed by atoms with E-state index in [4.69, 9.17) is 0 Å². The Morgan fingerprint density at radius 3 is 2.84 bits per heavy atom. The summed E-state index contributed by atoms with van der Waals surface area (Å²) < 4.78 is 0. The van der Waals surface area contributed by atoms with Gasteiger partial charge in [-0.15, -0.1) is 11.8 Å². The topological polar surface area (TPSA) is 48.7 Å². The fraction of sp³-hybridized carbons (Fsp3) is 0.200. The molecule has 19 heavy (non-hydrogen) atoms. The van der Waals surface area contributed by atoms with Crippen LogP contribution in [0, 0.1) is 11.3 Å². The van der Waals surface area contributed by atoms with E-state index in [0.29, 0.717) is 12.1 Å². The predicted octanol–water partition coefficient (Wildman–Crippen LogP) is 3.68. The van der Waals surface area contributed by atoms with Crippen LogP contribution in [0.4, 0.5) is 5.69 Å². The molecule has 1 aromatic heterocycles. The fourth-order valence-electron chi connectivity index (χ4n) is 1.76. The van der Waals surface area contributed by atoms with E-state index in [1.165, 1.54) is 0 Å². The molecule has 2 rings (SSSR count). The van der Waals surface area contributed by atoms with Crippen molar-refractivity contribution in [3.05, 3.63) is 53.9 Å². The molecule has 0 spiro atoms. The zero-order valence-corrected chi connectivity index (χ0v) is 11.6. The summed E-state index contributed by atoms with van der Waals surface area (Å²) in [5.41, 5.74) is 2.54. The minimum atomic E-state index is 0.621. The molecule has 0 saturated heterocycles. The number of thioether (sulfide) groups is 1. The van der Waals surface area contributed by atoms with Crippen LogP contribution in [0.1, 0.15) is 18.2 Å². The summed E-state index contributed by atoms with van der Waals surface area (Å²) in [6.07, 6.45) is 1.77. The van der Waals surface area contributed by atoms with Gasteiger partial charge in [-0.3, -0.25) is 4.98 Å². The van der Waals surface area contributed by atoms with Gasteiger partial charge in [-0.05, 0) is 30.0 Å². The average molecular weight is 269 g/mol. The van der Waals surface area contributed by atoms with Crippen LogP contribution in [-0.2, 0) is 6.54 Å². The average Bonchev–Trinajstić information content (AvgIpc) is 2.46. The molecular formula is C15H15N3S. The minimum Gasteiger partial charge on any atom is -0.378 e. The Hall–Kier alpha value is -1.99. The molecule has 4 heteroatoms. The van der Waals surface area contributed by atoms with E-state index < -0.39 is 0 Å². The third kappa shape index (κ3) is 3.49. The van der Waals surface area contributed by atoms with Crippen molar-refractivity contribution >= 4 is 17.4 Å². The number of nitrogens with zero attached hydrogens (tertiary/aromatic N) is 2. The van der Waals surface area contributed by atoms with Crippen molar-refractivity contribution in [2.24, 2.45) is 0 Å². The molecule has 0 unspecified atom stereocenters. The van der Waals surface area contributed by atoms with Crippen LogP contribution >= 0.6 is 11.8 Å². The summed E-state index contributed by atoms with van der Waals surface area (Å²) in [4.78, 5) is 5.28. The van der Waals surface area contributed by atoms with Gasteiger partial charge < -0.3 is 5.32 Å². The molecule has 2 aromatic rings. The quantitative estimate of drug-likeness (QED) is 0.841. The molecule has 0 radical (unpaired) electrons. The van der Waals surface area contributed by atoms with Gasteiger partial charge in [-0.1, -0.05) is 19.1 Å². The molecule has 0 amide bonds. The minimum absolute atomic E-state index is 0.621. The molecule has 0 fully saturated rings. The number of pyridine rings is 1. The first-order valence-corrected chi connectivity index (χ1v) is 7.13. The molecule has 0 aliphatic carbocycles. The van der Waals surface area contributed by atoms with Crippen molar-refractivity contribution in [2.75, 3.05) is 11.1 Å². The molecule has 1 aromatic carbocycles. The lowest BCUT2D eigenvalue weighted by Gasteiger charge is -2.10. The van der Waals surface area contributed by atoms with Gasteiger partial charge in [0.2, 0.25) is 0 Å². The Morgan fingerprint density at radius 2 is 2.16 bits per heavy atom. The number of aromatic nitrogens is 1. The van der Waals surface area contributed by atoms with Crippen molar-refractivity contribution in [3.63, 3.8) is 0 Å². The molecule has 0 aliphatic heterocycles. The Morgan fingerprint density at radius 1 is 1.26 bits per heavy atom. The zero-order valence-electron chi connectivity index (χ0n) is 10.8. The normalized spacial score (nSPS) is 9.89. The summed E-state index contributed by atoms with van der Waals surface area (Å²) >= 11 is 1.68. The Balaban J connectivity index is 2.16. The zero-order chi connectivity index (χ0) is 13.5. The molecule has 0 aliphatic rings. The van der Waals surface area contributed by atoms with Crippen LogP contribution < -0.4 is 5.32 Å². The third-order valence-electron chi connectivity index (χ3n) is 2.62. The lowest BCUT2D eigenvalue weighted by Crippen LogP contribution is -2.03. The largest absolute Gasteiger partial charge is 0.378 e. The Labute approximate surface area is 117 Å². The second-order valence-electron chi connectivity index (χ2n) is 3.90. The van der Waals surface area contributed by atoms with Crippen LogP contribution in [0.25, 0.3) is 0 Å². The molecule has 1 heterocycles. The molecular weight excluding hydrogens is 254 g/mol. The Bertz CT molecular complexity index is 576. The molecule has 0 atom stereocenters. The van der Waals surface area contributed by atoms with Gasteiger partial charge in [-0.2, -0.15) is 5.26 Å². The molecule has 96 valence electrons. The molecule has 3 nitrogen and oxygen atoms in total. The first-order chi connectivity index (χ1) is 9.35. The highest BCUT2D eigenvalue weighted by atomic mass is 32.2. The second-order valence-corrected chi connectivity index (χ2v) is 5.20. The number of hydrogen-bond acceptors (Lipinski definition) is 4. The van der Waals surface area contributed by atoms with Crippen LogP contribution in [0.5, 0.6) is 0 Å². The maximum Gasteiger partial charge on any atom is 0.102 e. The number of nitrogens with one attached hydrogen (secondary N) is 1. The van der Waals surface area contributed by atoms with Gasteiger partial charge in [0.15, 0.2) is 0 Å². The maximum absolute atomic E-state index is 9.30. The lowest BCUT2D eigenvalue weighted by atomic mass is 10.2. The first-order valence-electron chi connectivity index (χ1n) is 6.15. The summed E-state index contributed by atoms with van der Waals surface area (Å²) in [7, 11) is 0. The molecule has 0 saturated carbocycles. The standard InChI is InChI=1S/C15H15N3S/c1-2-19-15-8-5-7-14(13(15)10-16)18-11-12-6-3-4-9-17-12/h3-9,18H,2,11H2,1H3. The van der Waals surface area contributed by atoms with Gasteiger partial charge in [0.1, 0.15) is 6.07 Å². The Kier molecular flexibility index (Phi) is 4.82. The van der Waals surface area contributed by atoms with Crippen LogP contribution in [0.15, 0.2) is 47.5 Å². The van der Waals surface area contributed by atoms with Crippen molar-refractivity contribution in [2.45, 2.75) is 18.4 Å². The van der Waals surface area contributed by atoms with Crippen molar-refractivity contribution in [3.8, 4) is 6.07 Å². The van der Waals surface area contributed by atoms with Gasteiger partial charge in [0, 0.05) is 11.1 Å². The highest BCUT2D eigenvalue weighted by Gasteiger charge is 2.07. The fourth-order valence-corrected chi connectivity index (χ4v) is 2.54. The number of hydrogen-bond donors (Lipinski definition) is 1. The van der Waals surface area contributed by atoms with E-state index in [1.54, 1.807) is 18.0 Å². The number of rotatable bonds is 5. The van der Waals surface area contributed by atoms with Crippen molar-refractivity contribution < 1.29 is 0 Å². The molecule has 0 bridgehead atoms. The predicted molar refractivity (Wildman–Crippen MR) is 79.1 cm³/mol. The van der Waals surface area contributed by atoms with E-state index in [1.807, 2.05) is 36.4 Å². The van der Waals surface area contributed by atoms with Crippen LogP contribution in [-0.4, -0.2) is 10.7 Å². The van der Waals surface area contributed by atoms with E-state index in [2.05, 4.69) is 23.3 Å². The van der Waals surface area contributed by atoms with Gasteiger partial charge in [-0.25, -0.2) is 0 Å². The molecule has 1 N–H and O–H groups in total. The lowest BCUT2D eigenvalue weighted by molar-refractivity contribution is 1.04. The van der Waals surface area contributed by atoms with Crippen molar-refractivity contribution in [1.82, 2.24) is 4.98 Å². The monoisotopic (exact) mass is 269 g/mol. The first kappa shape index (κ1) is 13.4. The SMILES string of the molecule is CCSc1cccc(NCc2ccccn2)c1C#N. The maximum atomic E-state index is 9.30. The summed E-state index contributed by atoms with van der Waals surface area (Å²) in [6.45, 7) is 2.70. The highest BCUT2D eigenvalue weighted by Crippen LogP contribution is 2.27. The summed E-state index contributed by atoms with van der Waals surface area (Å²) in [6, 6.07) is 14.0. The highest BCUT2D eigenvalue weighted by molar-refractivity contribution is 7.99. The van der Waals surface area contributed by atoms with Gasteiger partial charge >= 0.3 is 0 Å².